The maximum absolute atomic E-state index is 11.5. The van der Waals surface area contributed by atoms with Gasteiger partial charge in [-0.3, -0.25) is 4.79 Å². The summed E-state index contributed by atoms with van der Waals surface area (Å²) in [6.45, 7) is 5.91. The summed E-state index contributed by atoms with van der Waals surface area (Å²) < 4.78 is 20.0. The fourth-order valence-corrected chi connectivity index (χ4v) is 3.90. The minimum atomic E-state index is -0.415. The van der Waals surface area contributed by atoms with Crippen LogP contribution in [0.4, 0.5) is 11.6 Å². The Kier molecular flexibility index (Phi) is 6.95. The summed E-state index contributed by atoms with van der Waals surface area (Å²) in [4.78, 5) is 25.4. The number of anilines is 2. The summed E-state index contributed by atoms with van der Waals surface area (Å²) in [5.41, 5.74) is 6.84. The number of amides is 1. The first-order valence-corrected chi connectivity index (χ1v) is 11.4. The average Bonchev–Trinajstić information content (AvgIpc) is 3.50. The molecule has 1 atom stereocenters. The van der Waals surface area contributed by atoms with Gasteiger partial charge in [0, 0.05) is 30.5 Å². The van der Waals surface area contributed by atoms with Crippen molar-refractivity contribution in [3.05, 3.63) is 36.7 Å². The topological polar surface area (TPSA) is 144 Å². The largest absolute Gasteiger partial charge is 0.493 e. The molecule has 4 rings (SSSR count). The molecule has 0 saturated heterocycles. The lowest BCUT2D eigenvalue weighted by Crippen LogP contribution is -2.16. The summed E-state index contributed by atoms with van der Waals surface area (Å²) in [5, 5.41) is 8.50. The summed E-state index contributed by atoms with van der Waals surface area (Å²) >= 11 is 0. The predicted octanol–water partition coefficient (Wildman–Crippen LogP) is 3.34. The van der Waals surface area contributed by atoms with E-state index in [9.17, 15) is 4.79 Å². The number of carbonyl (C=O) groups is 1. The van der Waals surface area contributed by atoms with Gasteiger partial charge in [0.2, 0.25) is 11.7 Å². The first-order valence-electron chi connectivity index (χ1n) is 11.4. The maximum atomic E-state index is 11.5. The van der Waals surface area contributed by atoms with E-state index in [1.807, 2.05) is 48.3 Å². The Morgan fingerprint density at radius 3 is 2.36 bits per heavy atom. The number of methoxy groups -OCH3 is 3. The molecule has 1 amide bonds. The Hall–Kier alpha value is -4.35. The predicted molar refractivity (Wildman–Crippen MR) is 134 cm³/mol. The molecule has 0 spiro atoms. The third-order valence-electron chi connectivity index (χ3n) is 5.69. The van der Waals surface area contributed by atoms with Crippen LogP contribution in [0.25, 0.3) is 16.7 Å². The van der Waals surface area contributed by atoms with Crippen molar-refractivity contribution in [2.75, 3.05) is 26.6 Å². The second-order valence-electron chi connectivity index (χ2n) is 8.60. The normalized spacial score (nSPS) is 12.1. The number of rotatable bonds is 10. The third kappa shape index (κ3) is 4.74. The van der Waals surface area contributed by atoms with E-state index in [4.69, 9.17) is 29.9 Å². The molecule has 3 aromatic heterocycles. The van der Waals surface area contributed by atoms with Crippen molar-refractivity contribution in [1.82, 2.24) is 29.3 Å². The van der Waals surface area contributed by atoms with Crippen molar-refractivity contribution in [3.8, 4) is 22.9 Å². The molecule has 0 aliphatic heterocycles. The highest BCUT2D eigenvalue weighted by Crippen LogP contribution is 2.39. The number of imidazole rings is 1. The van der Waals surface area contributed by atoms with Gasteiger partial charge in [0.05, 0.1) is 44.8 Å². The van der Waals surface area contributed by atoms with Crippen LogP contribution in [-0.4, -0.2) is 56.5 Å². The van der Waals surface area contributed by atoms with Gasteiger partial charge in [0.25, 0.3) is 0 Å². The molecule has 12 heteroatoms. The van der Waals surface area contributed by atoms with E-state index in [1.165, 1.54) is 0 Å². The van der Waals surface area contributed by atoms with Gasteiger partial charge in [-0.15, -0.1) is 0 Å². The second-order valence-corrected chi connectivity index (χ2v) is 8.60. The Labute approximate surface area is 208 Å². The first kappa shape index (κ1) is 24.8. The summed E-state index contributed by atoms with van der Waals surface area (Å²) in [6.07, 6.45) is 5.33. The zero-order valence-electron chi connectivity index (χ0n) is 21.1. The van der Waals surface area contributed by atoms with E-state index in [-0.39, 0.29) is 18.4 Å². The number of benzene rings is 1. The fraction of sp³-hybridized carbons (Fsp3) is 0.375. The SMILES string of the molecule is COc1cc(-n2cnc(Nc3nc(C(C)CC(N)=O)nc4c3cnn4C(C)C)c2)cc(OC)c1OC. The molecule has 1 aromatic carbocycles. The highest BCUT2D eigenvalue weighted by atomic mass is 16.5. The third-order valence-corrected chi connectivity index (χ3v) is 5.69. The number of nitrogens with zero attached hydrogens (tertiary/aromatic N) is 6. The van der Waals surface area contributed by atoms with Gasteiger partial charge in [-0.2, -0.15) is 5.10 Å². The smallest absolute Gasteiger partial charge is 0.218 e. The van der Waals surface area contributed by atoms with Crippen LogP contribution >= 0.6 is 0 Å². The average molecular weight is 495 g/mol. The molecule has 3 N–H and O–H groups in total. The van der Waals surface area contributed by atoms with E-state index < -0.39 is 5.91 Å². The standard InChI is InChI=1S/C24H30N8O4/c1-13(2)32-24-16(10-27-32)23(29-22(30-24)14(3)7-19(25)33)28-20-11-31(12-26-20)15-8-17(34-4)21(36-6)18(9-15)35-5/h8-14H,7H2,1-6H3,(H2,25,33)(H,28,29,30). The lowest BCUT2D eigenvalue weighted by atomic mass is 10.1. The minimum absolute atomic E-state index is 0.0868. The van der Waals surface area contributed by atoms with Crippen molar-refractivity contribution in [2.45, 2.75) is 39.2 Å². The van der Waals surface area contributed by atoms with E-state index in [2.05, 4.69) is 15.4 Å². The summed E-state index contributed by atoms with van der Waals surface area (Å²) in [5.74, 6) is 2.47. The van der Waals surface area contributed by atoms with Crippen molar-refractivity contribution >= 4 is 28.6 Å². The molecule has 0 fully saturated rings. The van der Waals surface area contributed by atoms with Crippen molar-refractivity contribution in [3.63, 3.8) is 0 Å². The van der Waals surface area contributed by atoms with Crippen LogP contribution in [0.1, 0.15) is 45.0 Å². The lowest BCUT2D eigenvalue weighted by molar-refractivity contribution is -0.118. The van der Waals surface area contributed by atoms with Gasteiger partial charge >= 0.3 is 0 Å². The Bertz CT molecular complexity index is 1370. The molecule has 1 unspecified atom stereocenters. The Balaban J connectivity index is 1.73. The fourth-order valence-electron chi connectivity index (χ4n) is 3.90. The number of hydrogen-bond acceptors (Lipinski definition) is 9. The molecule has 12 nitrogen and oxygen atoms in total. The van der Waals surface area contributed by atoms with Gasteiger partial charge in [0.15, 0.2) is 17.1 Å². The molecule has 0 bridgehead atoms. The van der Waals surface area contributed by atoms with Crippen LogP contribution in [0.2, 0.25) is 0 Å². The molecule has 0 aliphatic rings. The van der Waals surface area contributed by atoms with Crippen LogP contribution in [0.15, 0.2) is 30.9 Å². The highest BCUT2D eigenvalue weighted by molar-refractivity contribution is 5.88. The van der Waals surface area contributed by atoms with Crippen molar-refractivity contribution < 1.29 is 19.0 Å². The van der Waals surface area contributed by atoms with Crippen molar-refractivity contribution in [2.24, 2.45) is 5.73 Å². The van der Waals surface area contributed by atoms with Gasteiger partial charge in [-0.05, 0) is 13.8 Å². The maximum Gasteiger partial charge on any atom is 0.218 e. The molecular formula is C24H30N8O4. The van der Waals surface area contributed by atoms with Crippen LogP contribution < -0.4 is 25.3 Å². The molecule has 0 saturated carbocycles. The van der Waals surface area contributed by atoms with Crippen LogP contribution in [0.3, 0.4) is 0 Å². The number of nitrogens with one attached hydrogen (secondary N) is 1. The molecule has 36 heavy (non-hydrogen) atoms. The van der Waals surface area contributed by atoms with E-state index >= 15 is 0 Å². The van der Waals surface area contributed by atoms with Gasteiger partial charge < -0.3 is 29.8 Å². The highest BCUT2D eigenvalue weighted by Gasteiger charge is 2.20. The zero-order chi connectivity index (χ0) is 26.0. The number of primary amides is 1. The Morgan fingerprint density at radius 2 is 1.78 bits per heavy atom. The number of ether oxygens (including phenoxy) is 3. The minimum Gasteiger partial charge on any atom is -0.493 e. The molecule has 190 valence electrons. The summed E-state index contributed by atoms with van der Waals surface area (Å²) in [7, 11) is 4.69. The quantitative estimate of drug-likeness (QED) is 0.339. The van der Waals surface area contributed by atoms with Crippen LogP contribution in [-0.2, 0) is 4.79 Å². The monoisotopic (exact) mass is 494 g/mol. The van der Waals surface area contributed by atoms with Gasteiger partial charge in [0.1, 0.15) is 23.8 Å². The molecule has 4 aromatic rings. The molecular weight excluding hydrogens is 464 g/mol. The number of aromatic nitrogens is 6. The molecule has 3 heterocycles. The zero-order valence-corrected chi connectivity index (χ0v) is 21.1. The van der Waals surface area contributed by atoms with Crippen LogP contribution in [0.5, 0.6) is 17.2 Å². The van der Waals surface area contributed by atoms with E-state index in [0.717, 1.165) is 11.1 Å². The Morgan fingerprint density at radius 1 is 1.08 bits per heavy atom. The number of fused-ring (bicyclic) bond motifs is 1. The second kappa shape index (κ2) is 10.1. The van der Waals surface area contributed by atoms with E-state index in [1.54, 1.807) is 33.9 Å². The summed E-state index contributed by atoms with van der Waals surface area (Å²) in [6, 6.07) is 3.74. The molecule has 0 radical (unpaired) electrons. The first-order chi connectivity index (χ1) is 17.2. The van der Waals surface area contributed by atoms with E-state index in [0.29, 0.717) is 40.4 Å². The number of carbonyl (C=O) groups excluding carboxylic acids is 1. The van der Waals surface area contributed by atoms with Crippen LogP contribution in [0, 0.1) is 0 Å². The van der Waals surface area contributed by atoms with Gasteiger partial charge in [-0.25, -0.2) is 19.6 Å². The number of nitrogens with two attached hydrogens (primary N) is 1. The lowest BCUT2D eigenvalue weighted by Gasteiger charge is -2.14. The molecule has 0 aliphatic carbocycles. The van der Waals surface area contributed by atoms with Crippen molar-refractivity contribution in [1.29, 1.82) is 0 Å². The number of hydrogen-bond donors (Lipinski definition) is 2. The van der Waals surface area contributed by atoms with Gasteiger partial charge in [-0.1, -0.05) is 6.92 Å².